The van der Waals surface area contributed by atoms with E-state index in [0.29, 0.717) is 11.3 Å². The van der Waals surface area contributed by atoms with Crippen molar-refractivity contribution in [3.63, 3.8) is 0 Å². The van der Waals surface area contributed by atoms with Crippen molar-refractivity contribution in [1.29, 1.82) is 5.41 Å². The van der Waals surface area contributed by atoms with Crippen LogP contribution >= 0.6 is 15.9 Å². The zero-order chi connectivity index (χ0) is 14.8. The summed E-state index contributed by atoms with van der Waals surface area (Å²) >= 11 is 3.46. The molecule has 3 N–H and O–H groups in total. The number of halogens is 1. The lowest BCUT2D eigenvalue weighted by atomic mass is 10.1. The SMILES string of the molecule is N=C(N)c1ccccc1Oc1ccc2cc(Br)ccc2c1. The fourth-order valence-corrected chi connectivity index (χ4v) is 2.54. The fraction of sp³-hybridized carbons (Fsp3) is 0. The fourth-order valence-electron chi connectivity index (χ4n) is 2.16. The van der Waals surface area contributed by atoms with Crippen molar-refractivity contribution in [2.45, 2.75) is 0 Å². The van der Waals surface area contributed by atoms with Crippen molar-refractivity contribution >= 4 is 32.5 Å². The highest BCUT2D eigenvalue weighted by Gasteiger charge is 2.07. The summed E-state index contributed by atoms with van der Waals surface area (Å²) < 4.78 is 6.92. The molecule has 104 valence electrons. The van der Waals surface area contributed by atoms with Gasteiger partial charge in [0.15, 0.2) is 0 Å². The van der Waals surface area contributed by atoms with Gasteiger partial charge >= 0.3 is 0 Å². The molecule has 0 fully saturated rings. The Hall–Kier alpha value is -2.33. The number of nitrogen functional groups attached to an aromatic ring is 1. The molecule has 0 saturated heterocycles. The van der Waals surface area contributed by atoms with E-state index in [-0.39, 0.29) is 5.84 Å². The summed E-state index contributed by atoms with van der Waals surface area (Å²) in [5.41, 5.74) is 6.16. The van der Waals surface area contributed by atoms with Crippen LogP contribution in [0, 0.1) is 5.41 Å². The van der Waals surface area contributed by atoms with Crippen LogP contribution in [0.25, 0.3) is 10.8 Å². The predicted molar refractivity (Wildman–Crippen MR) is 89.2 cm³/mol. The Labute approximate surface area is 131 Å². The van der Waals surface area contributed by atoms with E-state index >= 15 is 0 Å². The van der Waals surface area contributed by atoms with E-state index in [1.165, 1.54) is 0 Å². The topological polar surface area (TPSA) is 59.1 Å². The zero-order valence-electron chi connectivity index (χ0n) is 11.1. The van der Waals surface area contributed by atoms with Gasteiger partial charge in [0.2, 0.25) is 0 Å². The Bertz CT molecular complexity index is 830. The highest BCUT2D eigenvalue weighted by Crippen LogP contribution is 2.29. The number of benzene rings is 3. The van der Waals surface area contributed by atoms with Gasteiger partial charge in [0.25, 0.3) is 0 Å². The quantitative estimate of drug-likeness (QED) is 0.537. The van der Waals surface area contributed by atoms with Gasteiger partial charge in [-0.3, -0.25) is 5.41 Å². The molecule has 4 heteroatoms. The van der Waals surface area contributed by atoms with E-state index in [1.54, 1.807) is 6.07 Å². The number of para-hydroxylation sites is 1. The van der Waals surface area contributed by atoms with Gasteiger partial charge in [-0.15, -0.1) is 0 Å². The normalized spacial score (nSPS) is 10.5. The Balaban J connectivity index is 1.99. The number of ether oxygens (including phenoxy) is 1. The zero-order valence-corrected chi connectivity index (χ0v) is 12.7. The molecule has 3 aromatic carbocycles. The molecule has 0 spiro atoms. The first-order valence-electron chi connectivity index (χ1n) is 6.44. The molecule has 0 unspecified atom stereocenters. The van der Waals surface area contributed by atoms with Crippen molar-refractivity contribution in [1.82, 2.24) is 0 Å². The molecule has 0 atom stereocenters. The highest BCUT2D eigenvalue weighted by atomic mass is 79.9. The molecule has 0 saturated carbocycles. The highest BCUT2D eigenvalue weighted by molar-refractivity contribution is 9.10. The van der Waals surface area contributed by atoms with Gasteiger partial charge in [-0.05, 0) is 47.2 Å². The van der Waals surface area contributed by atoms with Crippen molar-refractivity contribution in [3.8, 4) is 11.5 Å². The van der Waals surface area contributed by atoms with Crippen LogP contribution < -0.4 is 10.5 Å². The summed E-state index contributed by atoms with van der Waals surface area (Å²) in [5, 5.41) is 9.82. The summed E-state index contributed by atoms with van der Waals surface area (Å²) in [6.45, 7) is 0. The molecular formula is C17H13BrN2O. The van der Waals surface area contributed by atoms with Crippen molar-refractivity contribution in [2.75, 3.05) is 0 Å². The summed E-state index contributed by atoms with van der Waals surface area (Å²) in [5.74, 6) is 1.30. The lowest BCUT2D eigenvalue weighted by Gasteiger charge is -2.10. The minimum atomic E-state index is -0.00433. The summed E-state index contributed by atoms with van der Waals surface area (Å²) in [6, 6.07) is 19.2. The molecule has 0 aromatic heterocycles. The van der Waals surface area contributed by atoms with E-state index in [2.05, 4.69) is 22.0 Å². The molecular weight excluding hydrogens is 328 g/mol. The second-order valence-corrected chi connectivity index (χ2v) is 5.58. The van der Waals surface area contributed by atoms with Crippen LogP contribution in [-0.2, 0) is 0 Å². The Morgan fingerprint density at radius 3 is 2.48 bits per heavy atom. The van der Waals surface area contributed by atoms with Crippen LogP contribution in [0.4, 0.5) is 0 Å². The van der Waals surface area contributed by atoms with E-state index in [9.17, 15) is 0 Å². The van der Waals surface area contributed by atoms with E-state index in [1.807, 2.05) is 48.5 Å². The lowest BCUT2D eigenvalue weighted by Crippen LogP contribution is -2.12. The largest absolute Gasteiger partial charge is 0.457 e. The van der Waals surface area contributed by atoms with Crippen molar-refractivity contribution in [2.24, 2.45) is 5.73 Å². The first-order valence-corrected chi connectivity index (χ1v) is 7.23. The van der Waals surface area contributed by atoms with Crippen LogP contribution in [0.15, 0.2) is 65.1 Å². The molecule has 0 aliphatic heterocycles. The van der Waals surface area contributed by atoms with Crippen LogP contribution in [0.1, 0.15) is 5.56 Å². The monoisotopic (exact) mass is 340 g/mol. The van der Waals surface area contributed by atoms with Gasteiger partial charge in [-0.25, -0.2) is 0 Å². The van der Waals surface area contributed by atoms with E-state index < -0.39 is 0 Å². The Kier molecular flexibility index (Phi) is 3.62. The maximum absolute atomic E-state index is 7.59. The number of rotatable bonds is 3. The number of nitrogens with one attached hydrogen (secondary N) is 1. The van der Waals surface area contributed by atoms with Crippen molar-refractivity contribution in [3.05, 3.63) is 70.7 Å². The van der Waals surface area contributed by atoms with Crippen LogP contribution in [0.5, 0.6) is 11.5 Å². The maximum Gasteiger partial charge on any atom is 0.138 e. The second kappa shape index (κ2) is 5.58. The molecule has 0 radical (unpaired) electrons. The average Bonchev–Trinajstić information content (AvgIpc) is 2.48. The van der Waals surface area contributed by atoms with E-state index in [4.69, 9.17) is 15.9 Å². The summed E-state index contributed by atoms with van der Waals surface area (Å²) in [4.78, 5) is 0. The third kappa shape index (κ3) is 2.90. The predicted octanol–water partition coefficient (Wildman–Crippen LogP) is 4.68. The van der Waals surface area contributed by atoms with Crippen LogP contribution in [-0.4, -0.2) is 5.84 Å². The summed E-state index contributed by atoms with van der Waals surface area (Å²) in [6.07, 6.45) is 0. The van der Waals surface area contributed by atoms with Gasteiger partial charge in [0.1, 0.15) is 17.3 Å². The number of fused-ring (bicyclic) bond motifs is 1. The molecule has 21 heavy (non-hydrogen) atoms. The third-order valence-electron chi connectivity index (χ3n) is 3.18. The molecule has 0 aliphatic carbocycles. The Morgan fingerprint density at radius 1 is 0.952 bits per heavy atom. The van der Waals surface area contributed by atoms with Crippen LogP contribution in [0.3, 0.4) is 0 Å². The molecule has 3 nitrogen and oxygen atoms in total. The number of hydrogen-bond donors (Lipinski definition) is 2. The summed E-state index contributed by atoms with van der Waals surface area (Å²) in [7, 11) is 0. The Morgan fingerprint density at radius 2 is 1.67 bits per heavy atom. The standard InChI is InChI=1S/C17H13BrN2O/c18-13-7-5-12-10-14(8-6-11(12)9-13)21-16-4-2-1-3-15(16)17(19)20/h1-10H,(H3,19,20). The van der Waals surface area contributed by atoms with Crippen LogP contribution in [0.2, 0.25) is 0 Å². The molecule has 0 heterocycles. The minimum Gasteiger partial charge on any atom is -0.457 e. The third-order valence-corrected chi connectivity index (χ3v) is 3.67. The van der Waals surface area contributed by atoms with E-state index in [0.717, 1.165) is 21.0 Å². The minimum absolute atomic E-state index is 0.00433. The average molecular weight is 341 g/mol. The molecule has 3 aromatic rings. The number of hydrogen-bond acceptors (Lipinski definition) is 2. The first kappa shape index (κ1) is 13.6. The number of amidine groups is 1. The lowest BCUT2D eigenvalue weighted by molar-refractivity contribution is 0.482. The van der Waals surface area contributed by atoms with Gasteiger partial charge in [-0.1, -0.05) is 40.2 Å². The number of nitrogens with two attached hydrogens (primary N) is 1. The maximum atomic E-state index is 7.59. The second-order valence-electron chi connectivity index (χ2n) is 4.67. The first-order chi connectivity index (χ1) is 10.1. The molecule has 0 bridgehead atoms. The molecule has 0 amide bonds. The van der Waals surface area contributed by atoms with Crippen molar-refractivity contribution < 1.29 is 4.74 Å². The molecule has 0 aliphatic rings. The van der Waals surface area contributed by atoms with Gasteiger partial charge in [-0.2, -0.15) is 0 Å². The molecule has 3 rings (SSSR count). The van der Waals surface area contributed by atoms with Gasteiger partial charge < -0.3 is 10.5 Å². The van der Waals surface area contributed by atoms with Gasteiger partial charge in [0.05, 0.1) is 5.56 Å². The van der Waals surface area contributed by atoms with Gasteiger partial charge in [0, 0.05) is 4.47 Å². The smallest absolute Gasteiger partial charge is 0.138 e.